The van der Waals surface area contributed by atoms with Gasteiger partial charge in [0.2, 0.25) is 0 Å². The van der Waals surface area contributed by atoms with Gasteiger partial charge in [-0.05, 0) is 44.2 Å². The van der Waals surface area contributed by atoms with Gasteiger partial charge in [-0.25, -0.2) is 0 Å². The van der Waals surface area contributed by atoms with Crippen molar-refractivity contribution >= 4 is 0 Å². The molecule has 1 atom stereocenters. The second kappa shape index (κ2) is 6.64. The van der Waals surface area contributed by atoms with Crippen molar-refractivity contribution in [3.05, 3.63) is 58.7 Å². The summed E-state index contributed by atoms with van der Waals surface area (Å²) in [7, 11) is 5.33. The SMILES string of the molecule is CNC(c1ccc(C)cc1C)c1c(OC)cccc1OC. The van der Waals surface area contributed by atoms with Crippen LogP contribution in [-0.4, -0.2) is 21.3 Å². The minimum atomic E-state index is 0.0247. The van der Waals surface area contributed by atoms with Crippen LogP contribution >= 0.6 is 0 Å². The summed E-state index contributed by atoms with van der Waals surface area (Å²) in [5.41, 5.74) is 4.77. The Kier molecular flexibility index (Phi) is 4.86. The van der Waals surface area contributed by atoms with Crippen LogP contribution in [0.3, 0.4) is 0 Å². The maximum absolute atomic E-state index is 5.54. The fourth-order valence-corrected chi connectivity index (χ4v) is 2.77. The fourth-order valence-electron chi connectivity index (χ4n) is 2.77. The van der Waals surface area contributed by atoms with E-state index in [-0.39, 0.29) is 6.04 Å². The smallest absolute Gasteiger partial charge is 0.127 e. The summed E-state index contributed by atoms with van der Waals surface area (Å²) < 4.78 is 11.1. The average Bonchev–Trinajstić information content (AvgIpc) is 2.49. The van der Waals surface area contributed by atoms with Gasteiger partial charge in [-0.15, -0.1) is 0 Å². The molecule has 2 rings (SSSR count). The van der Waals surface area contributed by atoms with Crippen LogP contribution in [0.2, 0.25) is 0 Å². The van der Waals surface area contributed by atoms with E-state index in [9.17, 15) is 0 Å². The van der Waals surface area contributed by atoms with E-state index in [0.717, 1.165) is 17.1 Å². The zero-order valence-corrected chi connectivity index (χ0v) is 13.4. The van der Waals surface area contributed by atoms with Gasteiger partial charge >= 0.3 is 0 Å². The van der Waals surface area contributed by atoms with E-state index in [1.165, 1.54) is 16.7 Å². The van der Waals surface area contributed by atoms with Crippen molar-refractivity contribution in [2.45, 2.75) is 19.9 Å². The summed E-state index contributed by atoms with van der Waals surface area (Å²) in [4.78, 5) is 0. The highest BCUT2D eigenvalue weighted by Gasteiger charge is 2.22. The molecule has 1 unspecified atom stereocenters. The molecule has 0 heterocycles. The molecule has 0 spiro atoms. The molecule has 2 aromatic rings. The van der Waals surface area contributed by atoms with Gasteiger partial charge in [-0.3, -0.25) is 0 Å². The molecule has 21 heavy (non-hydrogen) atoms. The molecule has 0 fully saturated rings. The first kappa shape index (κ1) is 15.4. The van der Waals surface area contributed by atoms with Gasteiger partial charge in [0, 0.05) is 0 Å². The van der Waals surface area contributed by atoms with Gasteiger partial charge in [0.1, 0.15) is 11.5 Å². The standard InChI is InChI=1S/C18H23NO2/c1-12-9-10-14(13(2)11-12)18(19-3)17-15(20-4)7-6-8-16(17)21-5/h6-11,18-19H,1-5H3. The summed E-state index contributed by atoms with van der Waals surface area (Å²) in [6, 6.07) is 12.4. The van der Waals surface area contributed by atoms with Crippen LogP contribution in [0, 0.1) is 13.8 Å². The first-order chi connectivity index (χ1) is 10.1. The Morgan fingerprint density at radius 3 is 2.05 bits per heavy atom. The van der Waals surface area contributed by atoms with Crippen LogP contribution in [0.25, 0.3) is 0 Å². The molecule has 0 aliphatic heterocycles. The van der Waals surface area contributed by atoms with Gasteiger partial charge in [0.05, 0.1) is 25.8 Å². The van der Waals surface area contributed by atoms with E-state index >= 15 is 0 Å². The summed E-state index contributed by atoms with van der Waals surface area (Å²) in [6.45, 7) is 4.24. The van der Waals surface area contributed by atoms with Crippen LogP contribution in [0.5, 0.6) is 11.5 Å². The lowest BCUT2D eigenvalue weighted by atomic mass is 9.92. The number of aryl methyl sites for hydroxylation is 2. The maximum atomic E-state index is 5.54. The molecular formula is C18H23NO2. The predicted octanol–water partition coefficient (Wildman–Crippen LogP) is 3.63. The van der Waals surface area contributed by atoms with E-state index in [2.05, 4.69) is 37.4 Å². The third-order valence-electron chi connectivity index (χ3n) is 3.78. The molecule has 0 aliphatic rings. The van der Waals surface area contributed by atoms with E-state index in [1.54, 1.807) is 14.2 Å². The lowest BCUT2D eigenvalue weighted by molar-refractivity contribution is 0.378. The normalized spacial score (nSPS) is 12.0. The summed E-state index contributed by atoms with van der Waals surface area (Å²) >= 11 is 0. The van der Waals surface area contributed by atoms with E-state index < -0.39 is 0 Å². The minimum Gasteiger partial charge on any atom is -0.496 e. The number of hydrogen-bond donors (Lipinski definition) is 1. The zero-order chi connectivity index (χ0) is 15.4. The Morgan fingerprint density at radius 2 is 1.57 bits per heavy atom. The Balaban J connectivity index is 2.61. The van der Waals surface area contributed by atoms with Gasteiger partial charge < -0.3 is 14.8 Å². The second-order valence-electron chi connectivity index (χ2n) is 5.16. The monoisotopic (exact) mass is 285 g/mol. The van der Waals surface area contributed by atoms with Crippen molar-refractivity contribution in [2.24, 2.45) is 0 Å². The van der Waals surface area contributed by atoms with Crippen molar-refractivity contribution in [2.75, 3.05) is 21.3 Å². The number of benzene rings is 2. The Hall–Kier alpha value is -2.00. The number of rotatable bonds is 5. The number of ether oxygens (including phenoxy) is 2. The van der Waals surface area contributed by atoms with Gasteiger partial charge in [0.15, 0.2) is 0 Å². The molecule has 1 N–H and O–H groups in total. The van der Waals surface area contributed by atoms with Crippen LogP contribution in [-0.2, 0) is 0 Å². The van der Waals surface area contributed by atoms with Crippen molar-refractivity contribution in [3.63, 3.8) is 0 Å². The Labute approximate surface area is 126 Å². The van der Waals surface area contributed by atoms with Crippen molar-refractivity contribution in [1.82, 2.24) is 5.32 Å². The average molecular weight is 285 g/mol. The van der Waals surface area contributed by atoms with Crippen LogP contribution in [0.1, 0.15) is 28.3 Å². The number of hydrogen-bond acceptors (Lipinski definition) is 3. The van der Waals surface area contributed by atoms with Gasteiger partial charge in [0.25, 0.3) is 0 Å². The van der Waals surface area contributed by atoms with E-state index in [1.807, 2.05) is 25.2 Å². The quantitative estimate of drug-likeness (QED) is 0.910. The molecule has 0 amide bonds. The highest BCUT2D eigenvalue weighted by Crippen LogP contribution is 2.38. The molecule has 112 valence electrons. The topological polar surface area (TPSA) is 30.5 Å². The molecule has 0 radical (unpaired) electrons. The summed E-state index contributed by atoms with van der Waals surface area (Å²) in [6.07, 6.45) is 0. The molecule has 2 aromatic carbocycles. The molecule has 3 heteroatoms. The predicted molar refractivity (Wildman–Crippen MR) is 86.4 cm³/mol. The third-order valence-corrected chi connectivity index (χ3v) is 3.78. The van der Waals surface area contributed by atoms with Gasteiger partial charge in [-0.1, -0.05) is 29.8 Å². The third kappa shape index (κ3) is 3.03. The zero-order valence-electron chi connectivity index (χ0n) is 13.4. The van der Waals surface area contributed by atoms with Crippen LogP contribution in [0.4, 0.5) is 0 Å². The summed E-state index contributed by atoms with van der Waals surface area (Å²) in [5, 5.41) is 3.38. The Bertz CT molecular complexity index is 600. The molecule has 0 aromatic heterocycles. The lowest BCUT2D eigenvalue weighted by Crippen LogP contribution is -2.20. The minimum absolute atomic E-state index is 0.0247. The van der Waals surface area contributed by atoms with E-state index in [4.69, 9.17) is 9.47 Å². The Morgan fingerprint density at radius 1 is 0.952 bits per heavy atom. The lowest BCUT2D eigenvalue weighted by Gasteiger charge is -2.24. The van der Waals surface area contributed by atoms with E-state index in [0.29, 0.717) is 0 Å². The van der Waals surface area contributed by atoms with Crippen molar-refractivity contribution < 1.29 is 9.47 Å². The second-order valence-corrected chi connectivity index (χ2v) is 5.16. The molecule has 0 aliphatic carbocycles. The number of methoxy groups -OCH3 is 2. The highest BCUT2D eigenvalue weighted by molar-refractivity contribution is 5.52. The maximum Gasteiger partial charge on any atom is 0.127 e. The molecule has 0 saturated carbocycles. The van der Waals surface area contributed by atoms with Crippen molar-refractivity contribution in [3.8, 4) is 11.5 Å². The highest BCUT2D eigenvalue weighted by atomic mass is 16.5. The molecule has 3 nitrogen and oxygen atoms in total. The van der Waals surface area contributed by atoms with Crippen molar-refractivity contribution in [1.29, 1.82) is 0 Å². The van der Waals surface area contributed by atoms with Crippen LogP contribution < -0.4 is 14.8 Å². The first-order valence-corrected chi connectivity index (χ1v) is 7.07. The number of nitrogens with one attached hydrogen (secondary N) is 1. The largest absolute Gasteiger partial charge is 0.496 e. The molecular weight excluding hydrogens is 262 g/mol. The molecule has 0 bridgehead atoms. The first-order valence-electron chi connectivity index (χ1n) is 7.07. The summed E-state index contributed by atoms with van der Waals surface area (Å²) in [5.74, 6) is 1.65. The fraction of sp³-hybridized carbons (Fsp3) is 0.333. The van der Waals surface area contributed by atoms with Crippen LogP contribution in [0.15, 0.2) is 36.4 Å². The van der Waals surface area contributed by atoms with Gasteiger partial charge in [-0.2, -0.15) is 0 Å². The molecule has 0 saturated heterocycles.